The van der Waals surface area contributed by atoms with Gasteiger partial charge in [-0.1, -0.05) is 0 Å². The first kappa shape index (κ1) is 12.0. The first-order valence-electron chi connectivity index (χ1n) is 6.45. The number of anilines is 1. The van der Waals surface area contributed by atoms with Gasteiger partial charge in [0, 0.05) is 10.8 Å². The van der Waals surface area contributed by atoms with Crippen molar-refractivity contribution < 1.29 is 0 Å². The summed E-state index contributed by atoms with van der Waals surface area (Å²) in [5, 5.41) is 2.98. The van der Waals surface area contributed by atoms with Gasteiger partial charge in [-0.15, -0.1) is 28.3 Å². The monoisotopic (exact) mass is 314 g/mol. The van der Waals surface area contributed by atoms with Crippen LogP contribution in [0.1, 0.15) is 44.2 Å². The molecule has 4 heteroatoms. The van der Waals surface area contributed by atoms with Crippen molar-refractivity contribution in [2.24, 2.45) is 17.8 Å². The number of hydrogen-bond donors (Lipinski definition) is 1. The highest BCUT2D eigenvalue weighted by atomic mass is 79.9. The lowest BCUT2D eigenvalue weighted by Crippen LogP contribution is -2.48. The maximum atomic E-state index is 5.80. The summed E-state index contributed by atoms with van der Waals surface area (Å²) in [6.07, 6.45) is 8.67. The van der Waals surface area contributed by atoms with Gasteiger partial charge in [-0.05, 0) is 56.3 Å². The van der Waals surface area contributed by atoms with Crippen molar-refractivity contribution in [2.45, 2.75) is 43.9 Å². The van der Waals surface area contributed by atoms with E-state index in [-0.39, 0.29) is 17.0 Å². The number of rotatable bonds is 1. The quantitative estimate of drug-likeness (QED) is 0.857. The van der Waals surface area contributed by atoms with Gasteiger partial charge in [0.15, 0.2) is 5.13 Å². The topological polar surface area (TPSA) is 38.9 Å². The number of nitrogens with two attached hydrogens (primary N) is 1. The average Bonchev–Trinajstić information content (AvgIpc) is 2.63. The Bertz CT molecular complexity index is 394. The zero-order chi connectivity index (χ0) is 10.8. The van der Waals surface area contributed by atoms with Crippen molar-refractivity contribution in [3.63, 3.8) is 0 Å². The van der Waals surface area contributed by atoms with Crippen LogP contribution in [0.4, 0.5) is 5.13 Å². The lowest BCUT2D eigenvalue weighted by atomic mass is 9.49. The molecule has 4 saturated carbocycles. The number of thiazole rings is 1. The third kappa shape index (κ3) is 1.75. The van der Waals surface area contributed by atoms with Gasteiger partial charge in [-0.3, -0.25) is 0 Å². The second kappa shape index (κ2) is 3.95. The fraction of sp³-hybridized carbons (Fsp3) is 0.769. The second-order valence-corrected chi connectivity index (χ2v) is 7.16. The minimum Gasteiger partial charge on any atom is -0.375 e. The molecule has 1 heterocycles. The predicted octanol–water partition coefficient (Wildman–Crippen LogP) is 3.77. The van der Waals surface area contributed by atoms with Crippen molar-refractivity contribution in [1.29, 1.82) is 0 Å². The summed E-state index contributed by atoms with van der Waals surface area (Å²) in [6.45, 7) is 0. The van der Waals surface area contributed by atoms with Gasteiger partial charge in [0.05, 0.1) is 5.69 Å². The van der Waals surface area contributed by atoms with E-state index in [1.165, 1.54) is 44.2 Å². The minimum atomic E-state index is 0. The molecule has 0 aromatic carbocycles. The summed E-state index contributed by atoms with van der Waals surface area (Å²) in [6, 6.07) is 0. The van der Waals surface area contributed by atoms with Crippen molar-refractivity contribution in [3.05, 3.63) is 11.1 Å². The molecule has 4 aliphatic carbocycles. The van der Waals surface area contributed by atoms with Crippen LogP contribution in [0, 0.1) is 17.8 Å². The first-order chi connectivity index (χ1) is 7.73. The van der Waals surface area contributed by atoms with Crippen LogP contribution in [0.5, 0.6) is 0 Å². The molecule has 0 saturated heterocycles. The van der Waals surface area contributed by atoms with E-state index >= 15 is 0 Å². The third-order valence-corrected chi connectivity index (χ3v) is 5.78. The Hall–Kier alpha value is -0.0900. The molecule has 4 aliphatic rings. The van der Waals surface area contributed by atoms with Gasteiger partial charge < -0.3 is 5.73 Å². The van der Waals surface area contributed by atoms with Crippen molar-refractivity contribution >= 4 is 33.4 Å². The molecular weight excluding hydrogens is 296 g/mol. The molecule has 0 spiro atoms. The van der Waals surface area contributed by atoms with Gasteiger partial charge in [0.1, 0.15) is 0 Å². The van der Waals surface area contributed by atoms with E-state index in [2.05, 4.69) is 10.4 Å². The number of aromatic nitrogens is 1. The molecule has 0 aliphatic heterocycles. The average molecular weight is 315 g/mol. The molecular formula is C13H19BrN2S. The summed E-state index contributed by atoms with van der Waals surface area (Å²) in [5.41, 5.74) is 7.57. The first-order valence-corrected chi connectivity index (χ1v) is 7.33. The lowest BCUT2D eigenvalue weighted by Gasteiger charge is -2.56. The molecule has 17 heavy (non-hydrogen) atoms. The normalized spacial score (nSPS) is 42.5. The summed E-state index contributed by atoms with van der Waals surface area (Å²) < 4.78 is 0. The highest BCUT2D eigenvalue weighted by Gasteiger charge is 2.52. The maximum Gasteiger partial charge on any atom is 0.180 e. The molecule has 4 fully saturated rings. The fourth-order valence-electron chi connectivity index (χ4n) is 4.96. The van der Waals surface area contributed by atoms with Crippen LogP contribution in [0.15, 0.2) is 5.38 Å². The fourth-order valence-corrected chi connectivity index (χ4v) is 5.64. The van der Waals surface area contributed by atoms with Gasteiger partial charge in [-0.25, -0.2) is 4.98 Å². The molecule has 1 aromatic heterocycles. The second-order valence-electron chi connectivity index (χ2n) is 6.27. The zero-order valence-electron chi connectivity index (χ0n) is 9.89. The highest BCUT2D eigenvalue weighted by molar-refractivity contribution is 8.93. The highest BCUT2D eigenvalue weighted by Crippen LogP contribution is 2.60. The smallest absolute Gasteiger partial charge is 0.180 e. The van der Waals surface area contributed by atoms with Crippen LogP contribution in [-0.4, -0.2) is 4.98 Å². The number of halogens is 1. The summed E-state index contributed by atoms with van der Waals surface area (Å²) in [4.78, 5) is 4.60. The molecule has 0 unspecified atom stereocenters. The lowest BCUT2D eigenvalue weighted by molar-refractivity contribution is -0.00688. The Labute approximate surface area is 117 Å². The predicted molar refractivity (Wildman–Crippen MR) is 76.7 cm³/mol. The summed E-state index contributed by atoms with van der Waals surface area (Å²) >= 11 is 1.62. The Morgan fingerprint density at radius 3 is 2.06 bits per heavy atom. The van der Waals surface area contributed by atoms with Crippen LogP contribution in [-0.2, 0) is 5.41 Å². The SMILES string of the molecule is Br.Nc1nc(C23CC4CC(CC(C4)C2)C3)cs1. The standard InChI is InChI=1S/C13H18N2S.BrH/c14-12-15-11(7-16-12)13-4-8-1-9(5-13)3-10(2-8)6-13;/h7-10H,1-6H2,(H2,14,15);1H. The largest absolute Gasteiger partial charge is 0.375 e. The van der Waals surface area contributed by atoms with E-state index in [0.717, 1.165) is 22.9 Å². The van der Waals surface area contributed by atoms with Crippen molar-refractivity contribution in [3.8, 4) is 0 Å². The molecule has 0 radical (unpaired) electrons. The van der Waals surface area contributed by atoms with E-state index in [1.54, 1.807) is 11.3 Å². The van der Waals surface area contributed by atoms with Gasteiger partial charge in [-0.2, -0.15) is 0 Å². The molecule has 2 N–H and O–H groups in total. The van der Waals surface area contributed by atoms with E-state index < -0.39 is 0 Å². The molecule has 0 amide bonds. The van der Waals surface area contributed by atoms with Gasteiger partial charge in [0.2, 0.25) is 0 Å². The Morgan fingerprint density at radius 2 is 1.65 bits per heavy atom. The van der Waals surface area contributed by atoms with E-state index in [1.807, 2.05) is 0 Å². The Balaban J connectivity index is 0.000000902. The van der Waals surface area contributed by atoms with Crippen LogP contribution >= 0.6 is 28.3 Å². The van der Waals surface area contributed by atoms with Crippen LogP contribution in [0.3, 0.4) is 0 Å². The van der Waals surface area contributed by atoms with Crippen LogP contribution in [0.2, 0.25) is 0 Å². The third-order valence-electron chi connectivity index (χ3n) is 5.10. The molecule has 94 valence electrons. The zero-order valence-corrected chi connectivity index (χ0v) is 12.4. The molecule has 4 bridgehead atoms. The maximum absolute atomic E-state index is 5.80. The Morgan fingerprint density at radius 1 is 1.12 bits per heavy atom. The van der Waals surface area contributed by atoms with Crippen LogP contribution in [0.25, 0.3) is 0 Å². The van der Waals surface area contributed by atoms with E-state index in [9.17, 15) is 0 Å². The molecule has 2 nitrogen and oxygen atoms in total. The van der Waals surface area contributed by atoms with Crippen molar-refractivity contribution in [1.82, 2.24) is 4.98 Å². The molecule has 1 aromatic rings. The van der Waals surface area contributed by atoms with E-state index in [4.69, 9.17) is 5.73 Å². The molecule has 5 rings (SSSR count). The minimum absolute atomic E-state index is 0. The van der Waals surface area contributed by atoms with E-state index in [0.29, 0.717) is 5.41 Å². The number of hydrogen-bond acceptors (Lipinski definition) is 3. The molecule has 0 atom stereocenters. The van der Waals surface area contributed by atoms with Gasteiger partial charge >= 0.3 is 0 Å². The van der Waals surface area contributed by atoms with Crippen molar-refractivity contribution in [2.75, 3.05) is 5.73 Å². The number of nitrogen functional groups attached to an aromatic ring is 1. The summed E-state index contributed by atoms with van der Waals surface area (Å²) in [5.74, 6) is 2.98. The number of nitrogens with zero attached hydrogens (tertiary/aromatic N) is 1. The van der Waals surface area contributed by atoms with Crippen LogP contribution < -0.4 is 5.73 Å². The summed E-state index contributed by atoms with van der Waals surface area (Å²) in [7, 11) is 0. The van der Waals surface area contributed by atoms with Gasteiger partial charge in [0.25, 0.3) is 0 Å². The Kier molecular flexibility index (Phi) is 2.78.